The van der Waals surface area contributed by atoms with Crippen LogP contribution < -0.4 is 5.32 Å². The van der Waals surface area contributed by atoms with Crippen molar-refractivity contribution in [3.8, 4) is 11.5 Å². The molecule has 0 saturated carbocycles. The second-order valence-electron chi connectivity index (χ2n) is 6.80. The number of nitrogens with zero attached hydrogens (tertiary/aromatic N) is 3. The Hall–Kier alpha value is -1.95. The average Bonchev–Trinajstić information content (AvgIpc) is 2.94. The lowest BCUT2D eigenvalue weighted by atomic mass is 9.89. The third kappa shape index (κ3) is 4.04. The number of rotatable bonds is 5. The number of nitrogens with one attached hydrogen (secondary N) is 1. The fourth-order valence-corrected chi connectivity index (χ4v) is 1.75. The molecule has 0 bridgehead atoms. The van der Waals surface area contributed by atoms with Crippen molar-refractivity contribution in [2.45, 2.75) is 46.6 Å². The van der Waals surface area contributed by atoms with Crippen LogP contribution in [0.2, 0.25) is 0 Å². The predicted octanol–water partition coefficient (Wildman–Crippen LogP) is 3.07. The summed E-state index contributed by atoms with van der Waals surface area (Å²) in [5, 5.41) is 17.2. The summed E-state index contributed by atoms with van der Waals surface area (Å²) in [6.07, 6.45) is 1.22. The summed E-state index contributed by atoms with van der Waals surface area (Å²) in [6, 6.07) is 3.66. The zero-order chi connectivity index (χ0) is 16.3. The molecular weight excluding hydrogens is 280 g/mol. The van der Waals surface area contributed by atoms with Crippen LogP contribution in [0.3, 0.4) is 0 Å². The number of pyridine rings is 1. The largest absolute Gasteiger partial charge is 0.391 e. The zero-order valence-corrected chi connectivity index (χ0v) is 13.8. The predicted molar refractivity (Wildman–Crippen MR) is 85.6 cm³/mol. The molecule has 0 radical (unpaired) electrons. The molecule has 0 fully saturated rings. The van der Waals surface area contributed by atoms with Gasteiger partial charge < -0.3 is 14.9 Å². The van der Waals surface area contributed by atoms with Crippen LogP contribution in [0.5, 0.6) is 0 Å². The van der Waals surface area contributed by atoms with Crippen LogP contribution in [0.15, 0.2) is 22.9 Å². The zero-order valence-electron chi connectivity index (χ0n) is 13.8. The Balaban J connectivity index is 2.09. The Morgan fingerprint density at radius 2 is 2.05 bits per heavy atom. The van der Waals surface area contributed by atoms with Gasteiger partial charge in [-0.15, -0.1) is 0 Å². The van der Waals surface area contributed by atoms with E-state index in [0.717, 1.165) is 5.56 Å². The van der Waals surface area contributed by atoms with Gasteiger partial charge in [0, 0.05) is 24.2 Å². The summed E-state index contributed by atoms with van der Waals surface area (Å²) in [6.45, 7) is 10.4. The van der Waals surface area contributed by atoms with Crippen molar-refractivity contribution in [3.63, 3.8) is 0 Å². The topological polar surface area (TPSA) is 84.1 Å². The van der Waals surface area contributed by atoms with E-state index in [1.54, 1.807) is 6.20 Å². The standard InChI is InChI=1S/C16H24N4O2/c1-10(2)14-19-15(22-20-14)11-6-7-17-13(8-11)18-9-12(21)16(3,4)5/h6-8,10,12,21H,9H2,1-5H3,(H,17,18). The molecule has 0 spiro atoms. The average molecular weight is 304 g/mol. The molecule has 1 unspecified atom stereocenters. The van der Waals surface area contributed by atoms with E-state index >= 15 is 0 Å². The van der Waals surface area contributed by atoms with E-state index in [4.69, 9.17) is 4.52 Å². The monoisotopic (exact) mass is 304 g/mol. The lowest BCUT2D eigenvalue weighted by molar-refractivity contribution is 0.0745. The van der Waals surface area contributed by atoms with E-state index in [1.807, 2.05) is 46.8 Å². The van der Waals surface area contributed by atoms with Gasteiger partial charge in [-0.2, -0.15) is 4.98 Å². The molecular formula is C16H24N4O2. The first-order valence-corrected chi connectivity index (χ1v) is 7.49. The van der Waals surface area contributed by atoms with Crippen LogP contribution in [0.1, 0.15) is 46.4 Å². The van der Waals surface area contributed by atoms with Crippen molar-refractivity contribution in [1.82, 2.24) is 15.1 Å². The summed E-state index contributed by atoms with van der Waals surface area (Å²) < 4.78 is 5.28. The Bertz CT molecular complexity index is 617. The van der Waals surface area contributed by atoms with Crippen LogP contribution in [0.4, 0.5) is 5.82 Å². The minimum atomic E-state index is -0.464. The van der Waals surface area contributed by atoms with E-state index in [0.29, 0.717) is 24.1 Å². The summed E-state index contributed by atoms with van der Waals surface area (Å²) >= 11 is 0. The highest BCUT2D eigenvalue weighted by Gasteiger charge is 2.21. The van der Waals surface area contributed by atoms with Gasteiger partial charge in [-0.1, -0.05) is 39.8 Å². The summed E-state index contributed by atoms with van der Waals surface area (Å²) in [7, 11) is 0. The number of aliphatic hydroxyl groups excluding tert-OH is 1. The van der Waals surface area contributed by atoms with Crippen molar-refractivity contribution in [3.05, 3.63) is 24.2 Å². The number of aliphatic hydroxyl groups is 1. The molecule has 6 nitrogen and oxygen atoms in total. The molecule has 2 aromatic rings. The first-order valence-electron chi connectivity index (χ1n) is 7.49. The number of hydrogen-bond acceptors (Lipinski definition) is 6. The summed E-state index contributed by atoms with van der Waals surface area (Å²) in [5.41, 5.74) is 0.630. The van der Waals surface area contributed by atoms with Gasteiger partial charge in [-0.25, -0.2) is 4.98 Å². The Labute approximate surface area is 131 Å². The van der Waals surface area contributed by atoms with Crippen molar-refractivity contribution < 1.29 is 9.63 Å². The van der Waals surface area contributed by atoms with E-state index in [9.17, 15) is 5.11 Å². The van der Waals surface area contributed by atoms with Gasteiger partial charge in [-0.05, 0) is 17.5 Å². The first-order chi connectivity index (χ1) is 10.3. The molecule has 0 aliphatic heterocycles. The second-order valence-corrected chi connectivity index (χ2v) is 6.80. The molecule has 2 N–H and O–H groups in total. The number of anilines is 1. The number of aromatic nitrogens is 3. The van der Waals surface area contributed by atoms with Crippen molar-refractivity contribution >= 4 is 5.82 Å². The molecule has 2 rings (SSSR count). The maximum Gasteiger partial charge on any atom is 0.258 e. The Kier molecular flexibility index (Phi) is 4.81. The van der Waals surface area contributed by atoms with Gasteiger partial charge in [0.2, 0.25) is 0 Å². The molecule has 1 atom stereocenters. The minimum Gasteiger partial charge on any atom is -0.391 e. The van der Waals surface area contributed by atoms with Gasteiger partial charge >= 0.3 is 0 Å². The SMILES string of the molecule is CC(C)c1noc(-c2ccnc(NCC(O)C(C)(C)C)c2)n1. The summed E-state index contributed by atoms with van der Waals surface area (Å²) in [4.78, 5) is 8.62. The highest BCUT2D eigenvalue weighted by atomic mass is 16.5. The fraction of sp³-hybridized carbons (Fsp3) is 0.562. The highest BCUT2D eigenvalue weighted by molar-refractivity contribution is 5.57. The lowest BCUT2D eigenvalue weighted by Crippen LogP contribution is -2.33. The maximum atomic E-state index is 10.1. The molecule has 0 aromatic carbocycles. The Morgan fingerprint density at radius 3 is 2.64 bits per heavy atom. The first kappa shape index (κ1) is 16.4. The Morgan fingerprint density at radius 1 is 1.32 bits per heavy atom. The molecule has 0 saturated heterocycles. The van der Waals surface area contributed by atoms with Crippen LogP contribution in [-0.2, 0) is 0 Å². The van der Waals surface area contributed by atoms with Crippen molar-refractivity contribution in [1.29, 1.82) is 0 Å². The third-order valence-electron chi connectivity index (χ3n) is 3.44. The lowest BCUT2D eigenvalue weighted by Gasteiger charge is -2.26. The van der Waals surface area contributed by atoms with Gasteiger partial charge in [0.1, 0.15) is 5.82 Å². The molecule has 120 valence electrons. The second kappa shape index (κ2) is 6.44. The minimum absolute atomic E-state index is 0.177. The molecule has 2 aromatic heterocycles. The smallest absolute Gasteiger partial charge is 0.258 e. The van der Waals surface area contributed by atoms with Gasteiger partial charge in [0.05, 0.1) is 6.10 Å². The van der Waals surface area contributed by atoms with Crippen LogP contribution >= 0.6 is 0 Å². The van der Waals surface area contributed by atoms with E-state index in [1.165, 1.54) is 0 Å². The van der Waals surface area contributed by atoms with Crippen LogP contribution in [-0.4, -0.2) is 32.9 Å². The molecule has 0 aliphatic rings. The van der Waals surface area contributed by atoms with Crippen molar-refractivity contribution in [2.24, 2.45) is 5.41 Å². The maximum absolute atomic E-state index is 10.1. The van der Waals surface area contributed by atoms with Gasteiger partial charge in [0.25, 0.3) is 5.89 Å². The molecule has 0 aliphatic carbocycles. The summed E-state index contributed by atoms with van der Waals surface area (Å²) in [5.74, 6) is 2.05. The van der Waals surface area contributed by atoms with Crippen molar-refractivity contribution in [2.75, 3.05) is 11.9 Å². The molecule has 2 heterocycles. The van der Waals surface area contributed by atoms with E-state index in [-0.39, 0.29) is 11.3 Å². The third-order valence-corrected chi connectivity index (χ3v) is 3.44. The van der Waals surface area contributed by atoms with Crippen LogP contribution in [0, 0.1) is 5.41 Å². The van der Waals surface area contributed by atoms with Gasteiger partial charge in [0.15, 0.2) is 5.82 Å². The van der Waals surface area contributed by atoms with E-state index in [2.05, 4.69) is 20.4 Å². The molecule has 22 heavy (non-hydrogen) atoms. The fourth-order valence-electron chi connectivity index (χ4n) is 1.75. The number of hydrogen-bond donors (Lipinski definition) is 2. The quantitative estimate of drug-likeness (QED) is 0.883. The van der Waals surface area contributed by atoms with E-state index < -0.39 is 6.10 Å². The molecule has 6 heteroatoms. The normalized spacial score (nSPS) is 13.4. The molecule has 0 amide bonds. The van der Waals surface area contributed by atoms with Gasteiger partial charge in [-0.3, -0.25) is 0 Å². The highest BCUT2D eigenvalue weighted by Crippen LogP contribution is 2.23. The van der Waals surface area contributed by atoms with Crippen LogP contribution in [0.25, 0.3) is 11.5 Å².